The predicted octanol–water partition coefficient (Wildman–Crippen LogP) is 1.70. The number of carbonyl (C=O) groups is 1. The monoisotopic (exact) mass is 326 g/mol. The second-order valence-electron chi connectivity index (χ2n) is 5.45. The summed E-state index contributed by atoms with van der Waals surface area (Å²) in [6.45, 7) is 0.507. The van der Waals surface area contributed by atoms with E-state index in [2.05, 4.69) is 0 Å². The highest BCUT2D eigenvalue weighted by atomic mass is 32.2. The van der Waals surface area contributed by atoms with Gasteiger partial charge in [0.1, 0.15) is 9.84 Å². The van der Waals surface area contributed by atoms with E-state index in [1.807, 2.05) is 0 Å². The van der Waals surface area contributed by atoms with Gasteiger partial charge in [0, 0.05) is 37.0 Å². The van der Waals surface area contributed by atoms with Crippen molar-refractivity contribution in [1.29, 1.82) is 0 Å². The molecule has 2 rings (SSSR count). The highest BCUT2D eigenvalue weighted by Crippen LogP contribution is 2.30. The molecule has 1 aliphatic rings. The number of aryl methyl sites for hydroxylation is 1. The summed E-state index contributed by atoms with van der Waals surface area (Å²) >= 11 is 0. The van der Waals surface area contributed by atoms with Crippen LogP contribution in [0.4, 0.5) is 11.4 Å². The van der Waals surface area contributed by atoms with Gasteiger partial charge in [0.05, 0.1) is 10.7 Å². The van der Waals surface area contributed by atoms with E-state index in [0.717, 1.165) is 24.7 Å². The second kappa shape index (κ2) is 6.43. The first-order valence-corrected chi connectivity index (χ1v) is 9.09. The number of amides is 1. The Morgan fingerprint density at radius 2 is 2.09 bits per heavy atom. The molecule has 0 aliphatic carbocycles. The lowest BCUT2D eigenvalue weighted by Crippen LogP contribution is -2.32. The molecule has 1 aliphatic heterocycles. The summed E-state index contributed by atoms with van der Waals surface area (Å²) in [5.74, 6) is -0.451. The Morgan fingerprint density at radius 3 is 2.73 bits per heavy atom. The molecule has 1 amide bonds. The van der Waals surface area contributed by atoms with Crippen molar-refractivity contribution < 1.29 is 18.1 Å². The number of hydrogen-bond donors (Lipinski definition) is 0. The van der Waals surface area contributed by atoms with E-state index in [9.17, 15) is 23.3 Å². The molecule has 0 aromatic heterocycles. The number of non-ortho nitro benzene ring substituents is 1. The van der Waals surface area contributed by atoms with Crippen LogP contribution in [-0.4, -0.2) is 37.8 Å². The summed E-state index contributed by atoms with van der Waals surface area (Å²) in [6.07, 6.45) is 3.32. The largest absolute Gasteiger partial charge is 0.312 e. The van der Waals surface area contributed by atoms with Crippen LogP contribution in [0.3, 0.4) is 0 Å². The van der Waals surface area contributed by atoms with Gasteiger partial charge in [-0.1, -0.05) is 0 Å². The normalized spacial score (nSPS) is 15.0. The summed E-state index contributed by atoms with van der Waals surface area (Å²) in [5, 5.41) is 10.9. The molecular weight excluding hydrogens is 308 g/mol. The first kappa shape index (κ1) is 16.4. The highest BCUT2D eigenvalue weighted by Gasteiger charge is 2.23. The zero-order chi connectivity index (χ0) is 16.3. The van der Waals surface area contributed by atoms with Crippen molar-refractivity contribution in [3.8, 4) is 0 Å². The molecular formula is C14H18N2O5S. The standard InChI is InChI=1S/C14H18N2O5S/c1-22(20,21)9-7-14(17)15-8-3-2-4-11-10-12(16(18)19)5-6-13(11)15/h5-6,10H,2-4,7-9H2,1H3. The van der Waals surface area contributed by atoms with E-state index >= 15 is 0 Å². The number of carbonyl (C=O) groups excluding carboxylic acids is 1. The predicted molar refractivity (Wildman–Crippen MR) is 82.7 cm³/mol. The van der Waals surface area contributed by atoms with Crippen molar-refractivity contribution in [1.82, 2.24) is 0 Å². The lowest BCUT2D eigenvalue weighted by molar-refractivity contribution is -0.384. The van der Waals surface area contributed by atoms with Crippen molar-refractivity contribution in [3.63, 3.8) is 0 Å². The number of rotatable bonds is 4. The molecule has 1 heterocycles. The van der Waals surface area contributed by atoms with Crippen LogP contribution in [-0.2, 0) is 21.1 Å². The van der Waals surface area contributed by atoms with Crippen LogP contribution in [0.1, 0.15) is 24.8 Å². The maximum Gasteiger partial charge on any atom is 0.269 e. The van der Waals surface area contributed by atoms with E-state index in [4.69, 9.17) is 0 Å². The molecule has 0 spiro atoms. The fourth-order valence-electron chi connectivity index (χ4n) is 2.52. The molecule has 0 saturated carbocycles. The first-order valence-electron chi connectivity index (χ1n) is 7.03. The average molecular weight is 326 g/mol. The molecule has 0 N–H and O–H groups in total. The molecule has 0 saturated heterocycles. The molecule has 0 radical (unpaired) electrons. The van der Waals surface area contributed by atoms with Gasteiger partial charge < -0.3 is 4.90 Å². The lowest BCUT2D eigenvalue weighted by Gasteiger charge is -2.22. The summed E-state index contributed by atoms with van der Waals surface area (Å²) in [7, 11) is -3.20. The molecule has 1 aromatic carbocycles. The minimum absolute atomic E-state index is 0.00387. The minimum atomic E-state index is -3.20. The van der Waals surface area contributed by atoms with Crippen molar-refractivity contribution in [3.05, 3.63) is 33.9 Å². The number of benzene rings is 1. The summed E-state index contributed by atoms with van der Waals surface area (Å²) in [6, 6.07) is 4.45. The zero-order valence-corrected chi connectivity index (χ0v) is 13.1. The summed E-state index contributed by atoms with van der Waals surface area (Å²) in [5.41, 5.74) is 1.42. The summed E-state index contributed by atoms with van der Waals surface area (Å²) in [4.78, 5) is 24.3. The zero-order valence-electron chi connectivity index (χ0n) is 12.3. The smallest absolute Gasteiger partial charge is 0.269 e. The fraction of sp³-hybridized carbons (Fsp3) is 0.500. The molecule has 0 bridgehead atoms. The van der Waals surface area contributed by atoms with Crippen LogP contribution in [0, 0.1) is 10.1 Å². The lowest BCUT2D eigenvalue weighted by atomic mass is 10.1. The van der Waals surface area contributed by atoms with Crippen LogP contribution in [0.15, 0.2) is 18.2 Å². The van der Waals surface area contributed by atoms with Crippen molar-refractivity contribution in [2.24, 2.45) is 0 Å². The van der Waals surface area contributed by atoms with Gasteiger partial charge in [-0.05, 0) is 30.9 Å². The Balaban J connectivity index is 2.27. The van der Waals surface area contributed by atoms with Crippen LogP contribution in [0.2, 0.25) is 0 Å². The SMILES string of the molecule is CS(=O)(=O)CCC(=O)N1CCCCc2cc([N+](=O)[O-])ccc21. The van der Waals surface area contributed by atoms with Crippen LogP contribution >= 0.6 is 0 Å². The Labute approximate surface area is 129 Å². The maximum absolute atomic E-state index is 12.3. The van der Waals surface area contributed by atoms with Gasteiger partial charge in [-0.15, -0.1) is 0 Å². The molecule has 120 valence electrons. The third-order valence-corrected chi connectivity index (χ3v) is 4.58. The number of sulfone groups is 1. The van der Waals surface area contributed by atoms with E-state index in [0.29, 0.717) is 18.7 Å². The van der Waals surface area contributed by atoms with E-state index in [1.165, 1.54) is 12.1 Å². The molecule has 0 atom stereocenters. The first-order chi connectivity index (χ1) is 10.3. The number of nitro groups is 1. The highest BCUT2D eigenvalue weighted by molar-refractivity contribution is 7.90. The summed E-state index contributed by atoms with van der Waals surface area (Å²) < 4.78 is 22.4. The van der Waals surface area contributed by atoms with E-state index in [-0.39, 0.29) is 23.8 Å². The quantitative estimate of drug-likeness (QED) is 0.619. The number of hydrogen-bond acceptors (Lipinski definition) is 5. The number of nitrogens with zero attached hydrogens (tertiary/aromatic N) is 2. The molecule has 7 nitrogen and oxygen atoms in total. The van der Waals surface area contributed by atoms with E-state index in [1.54, 1.807) is 11.0 Å². The Morgan fingerprint density at radius 1 is 1.36 bits per heavy atom. The number of nitro benzene ring substituents is 1. The van der Waals surface area contributed by atoms with Gasteiger partial charge in [0.25, 0.3) is 5.69 Å². The van der Waals surface area contributed by atoms with Gasteiger partial charge in [0.15, 0.2) is 0 Å². The topological polar surface area (TPSA) is 97.6 Å². The third-order valence-electron chi connectivity index (χ3n) is 3.63. The Bertz CT molecular complexity index is 699. The number of anilines is 1. The van der Waals surface area contributed by atoms with Gasteiger partial charge in [0.2, 0.25) is 5.91 Å². The fourth-order valence-corrected chi connectivity index (χ4v) is 3.07. The van der Waals surface area contributed by atoms with Crippen LogP contribution < -0.4 is 4.90 Å². The molecule has 0 unspecified atom stereocenters. The van der Waals surface area contributed by atoms with Crippen LogP contribution in [0.25, 0.3) is 0 Å². The van der Waals surface area contributed by atoms with Crippen molar-refractivity contribution in [2.75, 3.05) is 23.5 Å². The second-order valence-corrected chi connectivity index (χ2v) is 7.71. The molecule has 8 heteroatoms. The van der Waals surface area contributed by atoms with Crippen molar-refractivity contribution in [2.45, 2.75) is 25.7 Å². The third kappa shape index (κ3) is 4.03. The maximum atomic E-state index is 12.3. The van der Waals surface area contributed by atoms with Gasteiger partial charge in [-0.2, -0.15) is 0 Å². The molecule has 0 fully saturated rings. The number of fused-ring (bicyclic) bond motifs is 1. The Hall–Kier alpha value is -1.96. The molecule has 1 aromatic rings. The molecule has 22 heavy (non-hydrogen) atoms. The Kier molecular flexibility index (Phi) is 4.80. The van der Waals surface area contributed by atoms with Gasteiger partial charge in [-0.3, -0.25) is 14.9 Å². The van der Waals surface area contributed by atoms with Crippen molar-refractivity contribution >= 4 is 27.1 Å². The van der Waals surface area contributed by atoms with Gasteiger partial charge in [-0.25, -0.2) is 8.42 Å². The minimum Gasteiger partial charge on any atom is -0.312 e. The van der Waals surface area contributed by atoms with E-state index < -0.39 is 14.8 Å². The average Bonchev–Trinajstić information content (AvgIpc) is 2.65. The van der Waals surface area contributed by atoms with Gasteiger partial charge >= 0.3 is 0 Å². The van der Waals surface area contributed by atoms with Crippen LogP contribution in [0.5, 0.6) is 0 Å².